The largest absolute Gasteiger partial charge is 0.394 e. The Bertz CT molecular complexity index is 2150. The number of fused-ring (bicyclic) bond motifs is 2. The third-order valence-corrected chi connectivity index (χ3v) is 9.98. The highest BCUT2D eigenvalue weighted by atomic mass is 31.1. The van der Waals surface area contributed by atoms with Crippen LogP contribution >= 0.6 is 8.25 Å². The summed E-state index contributed by atoms with van der Waals surface area (Å²) in [5.41, 5.74) is 2.02. The van der Waals surface area contributed by atoms with Crippen molar-refractivity contribution in [2.24, 2.45) is 0 Å². The molecule has 2 saturated heterocycles. The summed E-state index contributed by atoms with van der Waals surface area (Å²) in [5, 5.41) is 25.5. The van der Waals surface area contributed by atoms with Crippen molar-refractivity contribution in [2.75, 3.05) is 23.8 Å². The molecule has 2 fully saturated rings. The minimum atomic E-state index is -3.30. The number of ether oxygens (including phenoxy) is 2. The summed E-state index contributed by atoms with van der Waals surface area (Å²) in [7, 11) is -3.30. The second kappa shape index (κ2) is 15.4. The number of hydrogen-bond donors (Lipinski definition) is 4. The molecule has 0 unspecified atom stereocenters. The first-order valence-corrected chi connectivity index (χ1v) is 18.1. The van der Waals surface area contributed by atoms with Crippen LogP contribution in [0, 0.1) is 0 Å². The lowest BCUT2D eigenvalue weighted by atomic mass is 10.2. The molecule has 0 saturated carbocycles. The third-order valence-electron chi connectivity index (χ3n) is 8.99. The second-order valence-electron chi connectivity index (χ2n) is 12.4. The lowest BCUT2D eigenvalue weighted by Crippen LogP contribution is -2.23. The number of aliphatic hydroxyl groups excluding tert-OH is 2. The summed E-state index contributed by atoms with van der Waals surface area (Å²) in [6.07, 6.45) is 0.772. The molecule has 19 nitrogen and oxygen atoms in total. The van der Waals surface area contributed by atoms with E-state index in [1.54, 1.807) is 69.8 Å². The van der Waals surface area contributed by atoms with E-state index in [9.17, 15) is 24.4 Å². The topological polar surface area (TPSA) is 240 Å². The molecule has 2 aromatic carbocycles. The molecule has 0 bridgehead atoms. The minimum absolute atomic E-state index is 0.160. The van der Waals surface area contributed by atoms with E-state index < -0.39 is 45.1 Å². The van der Waals surface area contributed by atoms with Gasteiger partial charge in [-0.25, -0.2) is 29.9 Å². The van der Waals surface area contributed by atoms with Crippen LogP contribution in [0.15, 0.2) is 86.0 Å². The van der Waals surface area contributed by atoms with Crippen LogP contribution in [0.3, 0.4) is 0 Å². The van der Waals surface area contributed by atoms with Crippen molar-refractivity contribution in [1.82, 2.24) is 39.0 Å². The zero-order valence-electron chi connectivity index (χ0n) is 28.2. The number of nitrogens with one attached hydrogen (secondary N) is 2. The quantitative estimate of drug-likeness (QED) is 0.131. The molecule has 2 aliphatic rings. The second-order valence-corrected chi connectivity index (χ2v) is 13.4. The zero-order chi connectivity index (χ0) is 37.2. The molecule has 278 valence electrons. The number of anilines is 2. The Kier molecular flexibility index (Phi) is 10.2. The average molecular weight is 757 g/mol. The van der Waals surface area contributed by atoms with E-state index in [4.69, 9.17) is 18.5 Å². The molecule has 54 heavy (non-hydrogen) atoms. The highest BCUT2D eigenvalue weighted by Crippen LogP contribution is 2.44. The van der Waals surface area contributed by atoms with Crippen molar-refractivity contribution in [3.05, 3.63) is 97.1 Å². The lowest BCUT2D eigenvalue weighted by Gasteiger charge is -2.23. The fourth-order valence-electron chi connectivity index (χ4n) is 6.44. The molecule has 6 atom stereocenters. The van der Waals surface area contributed by atoms with Gasteiger partial charge in [0.2, 0.25) is 0 Å². The van der Waals surface area contributed by atoms with E-state index >= 15 is 0 Å². The Morgan fingerprint density at radius 1 is 0.685 bits per heavy atom. The van der Waals surface area contributed by atoms with Crippen molar-refractivity contribution in [3.63, 3.8) is 0 Å². The standard InChI is InChI=1S/C34H33N10O9P/c45-13-21-11-23(33(50-21)43-17-39-25-27(35-15-37-29(25)43)41-31(47)19-7-3-1-4-8-19)52-54(49)53-24-12-22(14-46)51-34(24)44-18-40-26-28(36-16-38-30(26)44)42-32(48)20-9-5-2-6-10-20/h1-10,15-18,21-24,33-34,45-46,54H,11-14H2,(H,35,37,41,47)(H,36,38,42,48)/t21-,22-,23+,24+,33+,34+/m0/s1. The number of rotatable bonds is 12. The Balaban J connectivity index is 0.996. The first-order chi connectivity index (χ1) is 26.4. The smallest absolute Gasteiger partial charge is 0.320 e. The number of imidazole rings is 2. The Morgan fingerprint density at radius 2 is 1.11 bits per heavy atom. The predicted molar refractivity (Wildman–Crippen MR) is 189 cm³/mol. The molecule has 0 spiro atoms. The van der Waals surface area contributed by atoms with Gasteiger partial charge in [0, 0.05) is 24.0 Å². The number of carbonyl (C=O) groups excluding carboxylic acids is 2. The molecule has 0 radical (unpaired) electrons. The van der Waals surface area contributed by atoms with Crippen LogP contribution in [-0.2, 0) is 23.1 Å². The van der Waals surface area contributed by atoms with Gasteiger partial charge in [-0.05, 0) is 24.3 Å². The fraction of sp³-hybridized carbons (Fsp3) is 0.294. The molecule has 8 rings (SSSR count). The summed E-state index contributed by atoms with van der Waals surface area (Å²) in [5.74, 6) is -0.424. The third kappa shape index (κ3) is 7.08. The molecule has 0 aliphatic carbocycles. The van der Waals surface area contributed by atoms with Crippen molar-refractivity contribution < 1.29 is 42.9 Å². The Morgan fingerprint density at radius 3 is 1.52 bits per heavy atom. The predicted octanol–water partition coefficient (Wildman–Crippen LogP) is 2.89. The number of aliphatic hydroxyl groups is 2. The van der Waals surface area contributed by atoms with Crippen molar-refractivity contribution >= 4 is 54.0 Å². The monoisotopic (exact) mass is 756 g/mol. The number of aromatic nitrogens is 8. The highest BCUT2D eigenvalue weighted by Gasteiger charge is 2.42. The normalized spacial score (nSPS) is 22.6. The van der Waals surface area contributed by atoms with Crippen LogP contribution in [0.25, 0.3) is 22.3 Å². The molecule has 2 aliphatic heterocycles. The van der Waals surface area contributed by atoms with Gasteiger partial charge in [-0.1, -0.05) is 36.4 Å². The summed E-state index contributed by atoms with van der Waals surface area (Å²) >= 11 is 0. The molecular formula is C34H33N10O9P. The van der Waals surface area contributed by atoms with Crippen LogP contribution in [0.4, 0.5) is 11.6 Å². The van der Waals surface area contributed by atoms with E-state index in [1.807, 2.05) is 0 Å². The maximum Gasteiger partial charge on any atom is 0.320 e. The van der Waals surface area contributed by atoms with Gasteiger partial charge >= 0.3 is 8.25 Å². The number of carbonyl (C=O) groups is 2. The van der Waals surface area contributed by atoms with Crippen LogP contribution in [-0.4, -0.2) is 98.7 Å². The molecule has 6 heterocycles. The molecule has 20 heteroatoms. The van der Waals surface area contributed by atoms with Crippen molar-refractivity contribution in [1.29, 1.82) is 0 Å². The van der Waals surface area contributed by atoms with Gasteiger partial charge in [0.05, 0.1) is 38.1 Å². The van der Waals surface area contributed by atoms with E-state index in [-0.39, 0.29) is 60.5 Å². The van der Waals surface area contributed by atoms with Crippen LogP contribution in [0.1, 0.15) is 46.0 Å². The van der Waals surface area contributed by atoms with Gasteiger partial charge in [-0.3, -0.25) is 23.3 Å². The number of amides is 2. The molecule has 4 N–H and O–H groups in total. The van der Waals surface area contributed by atoms with Gasteiger partial charge in [0.25, 0.3) is 11.8 Å². The van der Waals surface area contributed by atoms with E-state index in [2.05, 4.69) is 40.5 Å². The van der Waals surface area contributed by atoms with Gasteiger partial charge in [-0.15, -0.1) is 0 Å². The van der Waals surface area contributed by atoms with Crippen molar-refractivity contribution in [3.8, 4) is 0 Å². The highest BCUT2D eigenvalue weighted by molar-refractivity contribution is 7.33. The van der Waals surface area contributed by atoms with Gasteiger partial charge in [0.1, 0.15) is 24.9 Å². The van der Waals surface area contributed by atoms with Crippen LogP contribution in [0.2, 0.25) is 0 Å². The summed E-state index contributed by atoms with van der Waals surface area (Å²) in [4.78, 5) is 51.6. The number of hydrogen-bond acceptors (Lipinski definition) is 15. The molecule has 2 amide bonds. The van der Waals surface area contributed by atoms with E-state index in [0.717, 1.165) is 0 Å². The fourth-order valence-corrected chi connectivity index (χ4v) is 7.42. The van der Waals surface area contributed by atoms with E-state index in [1.165, 1.54) is 25.3 Å². The van der Waals surface area contributed by atoms with Gasteiger partial charge < -0.3 is 39.4 Å². The van der Waals surface area contributed by atoms with Crippen molar-refractivity contribution in [2.45, 2.75) is 49.7 Å². The number of nitrogens with zero attached hydrogens (tertiary/aromatic N) is 8. The van der Waals surface area contributed by atoms with Crippen LogP contribution < -0.4 is 10.6 Å². The maximum absolute atomic E-state index is 13.6. The molecule has 6 aromatic rings. The molecule has 4 aromatic heterocycles. The first-order valence-electron chi connectivity index (χ1n) is 16.9. The Labute approximate surface area is 306 Å². The maximum atomic E-state index is 13.6. The summed E-state index contributed by atoms with van der Waals surface area (Å²) in [6, 6.07) is 17.2. The SMILES string of the molecule is O=C(Nc1ncnc2c1ncn2[C@@H]1O[C@H](CO)C[C@H]1O[PH](=O)O[C@@H]1C[C@@H](CO)O[C@H]1n1cnc2c(NC(=O)c3ccccc3)ncnc21)c1ccccc1. The summed E-state index contributed by atoms with van der Waals surface area (Å²) < 4.78 is 40.9. The van der Waals surface area contributed by atoms with Gasteiger partial charge in [-0.2, -0.15) is 0 Å². The summed E-state index contributed by atoms with van der Waals surface area (Å²) in [6.45, 7) is -0.670. The lowest BCUT2D eigenvalue weighted by molar-refractivity contribution is -0.0538. The molecular weight excluding hydrogens is 723 g/mol. The average Bonchev–Trinajstić information content (AvgIpc) is 4.01. The van der Waals surface area contributed by atoms with Gasteiger partial charge in [0.15, 0.2) is 46.4 Å². The number of benzene rings is 2. The van der Waals surface area contributed by atoms with Crippen LogP contribution in [0.5, 0.6) is 0 Å². The Hall–Kier alpha value is -5.53. The zero-order valence-corrected chi connectivity index (χ0v) is 29.2. The van der Waals surface area contributed by atoms with E-state index in [0.29, 0.717) is 22.4 Å². The first kappa shape index (κ1) is 35.5. The minimum Gasteiger partial charge on any atom is -0.394 e.